The van der Waals surface area contributed by atoms with Crippen molar-refractivity contribution in [3.63, 3.8) is 0 Å². The first-order valence-electron chi connectivity index (χ1n) is 13.2. The predicted molar refractivity (Wildman–Crippen MR) is 156 cm³/mol. The smallest absolute Gasteiger partial charge is 0.414 e. The second-order valence-electron chi connectivity index (χ2n) is 10.2. The van der Waals surface area contributed by atoms with Crippen molar-refractivity contribution in [3.8, 4) is 5.88 Å². The molecule has 0 saturated carbocycles. The third-order valence-corrected chi connectivity index (χ3v) is 5.68. The van der Waals surface area contributed by atoms with Crippen LogP contribution in [0.5, 0.6) is 5.88 Å². The lowest BCUT2D eigenvalue weighted by molar-refractivity contribution is 0.0368. The topological polar surface area (TPSA) is 70.1 Å². The molecular formula is C32H40N2O5. The van der Waals surface area contributed by atoms with Crippen LogP contribution in [0.15, 0.2) is 66.9 Å². The van der Waals surface area contributed by atoms with Crippen molar-refractivity contribution in [2.24, 2.45) is 0 Å². The van der Waals surface area contributed by atoms with Crippen molar-refractivity contribution in [1.29, 1.82) is 0 Å². The summed E-state index contributed by atoms with van der Waals surface area (Å²) in [6, 6.07) is 20.0. The minimum Gasteiger partial charge on any atom is -0.475 e. The average molecular weight is 533 g/mol. The Kier molecular flexibility index (Phi) is 11.5. The number of hydrogen-bond acceptors (Lipinski definition) is 6. The van der Waals surface area contributed by atoms with E-state index in [4.69, 9.17) is 18.9 Å². The number of anilines is 1. The lowest BCUT2D eigenvalue weighted by Gasteiger charge is -2.24. The van der Waals surface area contributed by atoms with Gasteiger partial charge >= 0.3 is 6.09 Å². The Morgan fingerprint density at radius 2 is 1.44 bits per heavy atom. The molecule has 0 unspecified atom stereocenters. The van der Waals surface area contributed by atoms with E-state index in [0.717, 1.165) is 23.2 Å². The second kappa shape index (κ2) is 15.0. The number of nitrogens with zero attached hydrogens (tertiary/aromatic N) is 2. The van der Waals surface area contributed by atoms with Crippen LogP contribution >= 0.6 is 0 Å². The summed E-state index contributed by atoms with van der Waals surface area (Å²) in [5.74, 6) is 0.555. The number of rotatable bonds is 13. The first-order chi connectivity index (χ1) is 18.7. The third-order valence-electron chi connectivity index (χ3n) is 5.68. The van der Waals surface area contributed by atoms with E-state index in [1.807, 2.05) is 69.3 Å². The van der Waals surface area contributed by atoms with E-state index in [1.54, 1.807) is 13.2 Å². The summed E-state index contributed by atoms with van der Waals surface area (Å²) in [4.78, 5) is 18.1. The van der Waals surface area contributed by atoms with Gasteiger partial charge in [0.25, 0.3) is 0 Å². The summed E-state index contributed by atoms with van der Waals surface area (Å²) >= 11 is 0. The Bertz CT molecular complexity index is 1170. The maximum atomic E-state index is 12.2. The molecule has 39 heavy (non-hydrogen) atoms. The molecular weight excluding hydrogens is 492 g/mol. The van der Waals surface area contributed by atoms with Crippen LogP contribution in [-0.4, -0.2) is 56.8 Å². The van der Waals surface area contributed by atoms with Gasteiger partial charge in [-0.2, -0.15) is 0 Å². The van der Waals surface area contributed by atoms with Crippen LogP contribution in [0, 0.1) is 6.92 Å². The first kappa shape index (κ1) is 29.9. The lowest BCUT2D eigenvalue weighted by Crippen LogP contribution is -2.34. The van der Waals surface area contributed by atoms with Gasteiger partial charge in [0.1, 0.15) is 12.2 Å². The molecule has 0 radical (unpaired) electrons. The van der Waals surface area contributed by atoms with Crippen molar-refractivity contribution in [2.75, 3.05) is 45.0 Å². The zero-order valence-electron chi connectivity index (χ0n) is 23.7. The standard InChI is InChI=1S/C32H40N2O5/c1-25-6-8-27(9-7-25)18-19-36-20-21-37-22-23-38-30-17-14-28(24-33-30)11-10-26-12-15-29(16-13-26)34(5)31(35)39-32(2,3)4/h6-17,24H,18-23H2,1-5H3/b11-10+. The molecule has 2 aromatic carbocycles. The van der Waals surface area contributed by atoms with Crippen LogP contribution < -0.4 is 9.64 Å². The molecule has 0 saturated heterocycles. The van der Waals surface area contributed by atoms with Crippen molar-refractivity contribution < 1.29 is 23.7 Å². The molecule has 0 aliphatic heterocycles. The summed E-state index contributed by atoms with van der Waals surface area (Å²) in [7, 11) is 1.70. The highest BCUT2D eigenvalue weighted by atomic mass is 16.6. The number of ether oxygens (including phenoxy) is 4. The average Bonchev–Trinajstić information content (AvgIpc) is 2.91. The van der Waals surface area contributed by atoms with Gasteiger partial charge in [-0.3, -0.25) is 4.90 Å². The van der Waals surface area contributed by atoms with Crippen LogP contribution in [0.4, 0.5) is 10.5 Å². The number of carbonyl (C=O) groups excluding carboxylic acids is 1. The van der Waals surface area contributed by atoms with Gasteiger partial charge in [-0.25, -0.2) is 9.78 Å². The van der Waals surface area contributed by atoms with Gasteiger partial charge in [-0.05, 0) is 69.0 Å². The van der Waals surface area contributed by atoms with Crippen LogP contribution in [0.1, 0.15) is 43.0 Å². The van der Waals surface area contributed by atoms with Gasteiger partial charge in [-0.15, -0.1) is 0 Å². The number of aromatic nitrogens is 1. The predicted octanol–water partition coefficient (Wildman–Crippen LogP) is 6.59. The number of aryl methyl sites for hydroxylation is 1. The van der Waals surface area contributed by atoms with Crippen molar-refractivity contribution >= 4 is 23.9 Å². The molecule has 1 amide bonds. The highest BCUT2D eigenvalue weighted by Gasteiger charge is 2.20. The Morgan fingerprint density at radius 3 is 2.08 bits per heavy atom. The van der Waals surface area contributed by atoms with Gasteiger partial charge in [0.15, 0.2) is 0 Å². The highest BCUT2D eigenvalue weighted by Crippen LogP contribution is 2.19. The number of carbonyl (C=O) groups is 1. The summed E-state index contributed by atoms with van der Waals surface area (Å²) in [6.07, 6.45) is 6.25. The molecule has 0 spiro atoms. The lowest BCUT2D eigenvalue weighted by atomic mass is 10.1. The van der Waals surface area contributed by atoms with Crippen molar-refractivity contribution in [1.82, 2.24) is 4.98 Å². The fourth-order valence-electron chi connectivity index (χ4n) is 3.48. The molecule has 0 atom stereocenters. The summed E-state index contributed by atoms with van der Waals surface area (Å²) < 4.78 is 22.3. The van der Waals surface area contributed by atoms with E-state index in [9.17, 15) is 4.79 Å². The Morgan fingerprint density at radius 1 is 0.821 bits per heavy atom. The molecule has 7 heteroatoms. The van der Waals surface area contributed by atoms with Crippen LogP contribution in [0.25, 0.3) is 12.2 Å². The molecule has 7 nitrogen and oxygen atoms in total. The third kappa shape index (κ3) is 11.3. The van der Waals surface area contributed by atoms with E-state index in [1.165, 1.54) is 16.0 Å². The van der Waals surface area contributed by atoms with E-state index >= 15 is 0 Å². The van der Waals surface area contributed by atoms with E-state index in [2.05, 4.69) is 36.2 Å². The van der Waals surface area contributed by atoms with Gasteiger partial charge in [0, 0.05) is 25.0 Å². The molecule has 0 fully saturated rings. The zero-order valence-corrected chi connectivity index (χ0v) is 23.7. The molecule has 3 rings (SSSR count). The number of hydrogen-bond donors (Lipinski definition) is 0. The van der Waals surface area contributed by atoms with Gasteiger partial charge in [-0.1, -0.05) is 54.1 Å². The van der Waals surface area contributed by atoms with Crippen LogP contribution in [0.2, 0.25) is 0 Å². The number of amides is 1. The first-order valence-corrected chi connectivity index (χ1v) is 13.2. The highest BCUT2D eigenvalue weighted by molar-refractivity contribution is 5.87. The maximum Gasteiger partial charge on any atom is 0.414 e. The quantitative estimate of drug-likeness (QED) is 0.231. The minimum atomic E-state index is -0.534. The molecule has 1 aromatic heterocycles. The Balaban J connectivity index is 1.30. The molecule has 0 bridgehead atoms. The van der Waals surface area contributed by atoms with E-state index in [-0.39, 0.29) is 6.09 Å². The number of pyridine rings is 1. The molecule has 0 aliphatic carbocycles. The minimum absolute atomic E-state index is 0.385. The number of benzene rings is 2. The normalized spacial score (nSPS) is 11.5. The molecule has 208 valence electrons. The monoisotopic (exact) mass is 532 g/mol. The molecule has 0 N–H and O–H groups in total. The molecule has 3 aromatic rings. The fourth-order valence-corrected chi connectivity index (χ4v) is 3.48. The Hall–Kier alpha value is -3.68. The summed E-state index contributed by atoms with van der Waals surface area (Å²) in [5.41, 5.74) is 4.74. The van der Waals surface area contributed by atoms with Gasteiger partial charge in [0.05, 0.1) is 26.4 Å². The van der Waals surface area contributed by atoms with Crippen LogP contribution in [-0.2, 0) is 20.6 Å². The van der Waals surface area contributed by atoms with Gasteiger partial charge < -0.3 is 18.9 Å². The van der Waals surface area contributed by atoms with Crippen molar-refractivity contribution in [3.05, 3.63) is 89.1 Å². The summed E-state index contributed by atoms with van der Waals surface area (Å²) in [6.45, 7) is 10.3. The SMILES string of the molecule is Cc1ccc(CCOCCOCCOc2ccc(/C=C/c3ccc(N(C)C(=O)OC(C)(C)C)cc3)cn2)cc1. The largest absolute Gasteiger partial charge is 0.475 e. The zero-order chi connectivity index (χ0) is 28.1. The summed E-state index contributed by atoms with van der Waals surface area (Å²) in [5, 5.41) is 0. The van der Waals surface area contributed by atoms with E-state index in [0.29, 0.717) is 38.9 Å². The Labute approximate surface area is 232 Å². The maximum absolute atomic E-state index is 12.2. The second-order valence-corrected chi connectivity index (χ2v) is 10.2. The van der Waals surface area contributed by atoms with Gasteiger partial charge in [0.2, 0.25) is 5.88 Å². The molecule has 0 aliphatic rings. The van der Waals surface area contributed by atoms with E-state index < -0.39 is 5.60 Å². The molecule has 1 heterocycles. The van der Waals surface area contributed by atoms with Crippen LogP contribution in [0.3, 0.4) is 0 Å². The fraction of sp³-hybridized carbons (Fsp3) is 0.375. The van der Waals surface area contributed by atoms with Crippen molar-refractivity contribution in [2.45, 2.75) is 39.7 Å².